The maximum absolute atomic E-state index is 6.13. The minimum absolute atomic E-state index is 0.205. The van der Waals surface area contributed by atoms with Crippen molar-refractivity contribution in [3.63, 3.8) is 0 Å². The van der Waals surface area contributed by atoms with Gasteiger partial charge in [0.25, 0.3) is 0 Å². The monoisotopic (exact) mass is 311 g/mol. The van der Waals surface area contributed by atoms with Crippen molar-refractivity contribution in [2.75, 3.05) is 13.7 Å². The topological polar surface area (TPSA) is 53.1 Å². The Morgan fingerprint density at radius 1 is 1.44 bits per heavy atom. The van der Waals surface area contributed by atoms with Crippen molar-refractivity contribution in [2.45, 2.75) is 25.9 Å². The fourth-order valence-corrected chi connectivity index (χ4v) is 2.50. The zero-order valence-electron chi connectivity index (χ0n) is 10.9. The lowest BCUT2D eigenvalue weighted by Crippen LogP contribution is -2.21. The average Bonchev–Trinajstić information content (AvgIpc) is 2.67. The van der Waals surface area contributed by atoms with E-state index in [1.54, 1.807) is 7.11 Å². The molecule has 0 radical (unpaired) electrons. The van der Waals surface area contributed by atoms with Crippen molar-refractivity contribution >= 4 is 27.0 Å². The zero-order valence-corrected chi connectivity index (χ0v) is 12.4. The first-order valence-corrected chi connectivity index (χ1v) is 6.75. The SMILES string of the molecule is COCC(N)c1nc2cc(Br)ccc2n1C(C)C. The third-order valence-electron chi connectivity index (χ3n) is 2.87. The number of fused-ring (bicyclic) bond motifs is 1. The molecular formula is C13H18BrN3O. The Hall–Kier alpha value is -0.910. The Balaban J connectivity index is 2.60. The molecule has 0 bridgehead atoms. The highest BCUT2D eigenvalue weighted by Gasteiger charge is 2.18. The summed E-state index contributed by atoms with van der Waals surface area (Å²) in [4.78, 5) is 4.64. The Labute approximate surface area is 115 Å². The van der Waals surface area contributed by atoms with Crippen LogP contribution in [0.4, 0.5) is 0 Å². The molecule has 98 valence electrons. The molecule has 2 N–H and O–H groups in total. The summed E-state index contributed by atoms with van der Waals surface area (Å²) < 4.78 is 8.32. The van der Waals surface area contributed by atoms with Crippen LogP contribution in [-0.4, -0.2) is 23.3 Å². The Morgan fingerprint density at radius 3 is 2.78 bits per heavy atom. The van der Waals surface area contributed by atoms with Crippen LogP contribution < -0.4 is 5.73 Å². The van der Waals surface area contributed by atoms with Gasteiger partial charge in [0.2, 0.25) is 0 Å². The average molecular weight is 312 g/mol. The number of benzene rings is 1. The summed E-state index contributed by atoms with van der Waals surface area (Å²) in [6, 6.07) is 6.21. The van der Waals surface area contributed by atoms with Gasteiger partial charge in [0, 0.05) is 17.6 Å². The van der Waals surface area contributed by atoms with Crippen LogP contribution in [0, 0.1) is 0 Å². The lowest BCUT2D eigenvalue weighted by atomic mass is 10.2. The van der Waals surface area contributed by atoms with E-state index in [2.05, 4.69) is 45.4 Å². The van der Waals surface area contributed by atoms with Crippen LogP contribution in [0.5, 0.6) is 0 Å². The number of nitrogens with zero attached hydrogens (tertiary/aromatic N) is 2. The van der Waals surface area contributed by atoms with Crippen molar-refractivity contribution in [3.8, 4) is 0 Å². The van der Waals surface area contributed by atoms with Gasteiger partial charge in [-0.1, -0.05) is 15.9 Å². The summed E-state index contributed by atoms with van der Waals surface area (Å²) in [6.07, 6.45) is 0. The van der Waals surface area contributed by atoms with E-state index < -0.39 is 0 Å². The zero-order chi connectivity index (χ0) is 13.3. The summed E-state index contributed by atoms with van der Waals surface area (Å²) in [5, 5.41) is 0. The van der Waals surface area contributed by atoms with Crippen molar-refractivity contribution in [1.29, 1.82) is 0 Å². The smallest absolute Gasteiger partial charge is 0.129 e. The number of nitrogens with two attached hydrogens (primary N) is 1. The van der Waals surface area contributed by atoms with Crippen LogP contribution in [0.25, 0.3) is 11.0 Å². The molecule has 0 spiro atoms. The van der Waals surface area contributed by atoms with E-state index in [9.17, 15) is 0 Å². The largest absolute Gasteiger partial charge is 0.383 e. The van der Waals surface area contributed by atoms with Gasteiger partial charge in [-0.3, -0.25) is 0 Å². The molecule has 0 aliphatic carbocycles. The van der Waals surface area contributed by atoms with E-state index in [1.807, 2.05) is 12.1 Å². The fourth-order valence-electron chi connectivity index (χ4n) is 2.15. The van der Waals surface area contributed by atoms with Crippen LogP contribution >= 0.6 is 15.9 Å². The van der Waals surface area contributed by atoms with Crippen molar-refractivity contribution in [2.24, 2.45) is 5.73 Å². The number of ether oxygens (including phenoxy) is 1. The molecule has 1 unspecified atom stereocenters. The van der Waals surface area contributed by atoms with E-state index in [4.69, 9.17) is 10.5 Å². The lowest BCUT2D eigenvalue weighted by Gasteiger charge is -2.17. The molecular weight excluding hydrogens is 294 g/mol. The van der Waals surface area contributed by atoms with E-state index in [-0.39, 0.29) is 6.04 Å². The highest BCUT2D eigenvalue weighted by atomic mass is 79.9. The first-order valence-electron chi connectivity index (χ1n) is 5.96. The first-order chi connectivity index (χ1) is 8.54. The molecule has 0 amide bonds. The third kappa shape index (κ3) is 2.43. The molecule has 1 atom stereocenters. The minimum Gasteiger partial charge on any atom is -0.383 e. The molecule has 0 saturated heterocycles. The van der Waals surface area contributed by atoms with Crippen LogP contribution in [0.1, 0.15) is 31.8 Å². The summed E-state index contributed by atoms with van der Waals surface area (Å²) in [5.41, 5.74) is 8.19. The molecule has 4 nitrogen and oxygen atoms in total. The number of methoxy groups -OCH3 is 1. The number of imidazole rings is 1. The summed E-state index contributed by atoms with van der Waals surface area (Å²) in [5.74, 6) is 0.875. The molecule has 1 aromatic carbocycles. The molecule has 18 heavy (non-hydrogen) atoms. The number of hydrogen-bond donors (Lipinski definition) is 1. The predicted molar refractivity (Wildman–Crippen MR) is 76.6 cm³/mol. The van der Waals surface area contributed by atoms with Crippen molar-refractivity contribution < 1.29 is 4.74 Å². The van der Waals surface area contributed by atoms with Crippen LogP contribution in [-0.2, 0) is 4.74 Å². The number of hydrogen-bond acceptors (Lipinski definition) is 3. The molecule has 1 aromatic heterocycles. The second kappa shape index (κ2) is 5.38. The highest BCUT2D eigenvalue weighted by molar-refractivity contribution is 9.10. The van der Waals surface area contributed by atoms with E-state index in [0.717, 1.165) is 21.3 Å². The number of rotatable bonds is 4. The maximum Gasteiger partial charge on any atom is 0.129 e. The molecule has 0 aliphatic rings. The quantitative estimate of drug-likeness (QED) is 0.944. The van der Waals surface area contributed by atoms with Crippen LogP contribution in [0.2, 0.25) is 0 Å². The third-order valence-corrected chi connectivity index (χ3v) is 3.37. The summed E-state index contributed by atoms with van der Waals surface area (Å²) >= 11 is 3.47. The lowest BCUT2D eigenvalue weighted by molar-refractivity contribution is 0.176. The van der Waals surface area contributed by atoms with Gasteiger partial charge in [-0.15, -0.1) is 0 Å². The first kappa shape index (κ1) is 13.5. The molecule has 2 rings (SSSR count). The van der Waals surface area contributed by atoms with Crippen molar-refractivity contribution in [3.05, 3.63) is 28.5 Å². The summed E-state index contributed by atoms with van der Waals surface area (Å²) in [6.45, 7) is 4.73. The van der Waals surface area contributed by atoms with Gasteiger partial charge in [0.05, 0.1) is 23.7 Å². The molecule has 0 aliphatic heterocycles. The van der Waals surface area contributed by atoms with Gasteiger partial charge in [-0.25, -0.2) is 4.98 Å². The normalized spacial score (nSPS) is 13.4. The molecule has 2 aromatic rings. The standard InChI is InChI=1S/C13H18BrN3O/c1-8(2)17-12-5-4-9(14)6-11(12)16-13(17)10(15)7-18-3/h4-6,8,10H,7,15H2,1-3H3. The maximum atomic E-state index is 6.13. The van der Waals surface area contributed by atoms with E-state index in [0.29, 0.717) is 12.6 Å². The second-order valence-electron chi connectivity index (χ2n) is 4.63. The minimum atomic E-state index is -0.205. The van der Waals surface area contributed by atoms with Crippen LogP contribution in [0.15, 0.2) is 22.7 Å². The second-order valence-corrected chi connectivity index (χ2v) is 5.54. The highest BCUT2D eigenvalue weighted by Crippen LogP contribution is 2.26. The summed E-state index contributed by atoms with van der Waals surface area (Å²) in [7, 11) is 1.65. The predicted octanol–water partition coefficient (Wildman–Crippen LogP) is 3.03. The van der Waals surface area contributed by atoms with Crippen molar-refractivity contribution in [1.82, 2.24) is 9.55 Å². The number of aromatic nitrogens is 2. The van der Waals surface area contributed by atoms with Gasteiger partial charge in [-0.05, 0) is 32.0 Å². The fraction of sp³-hybridized carbons (Fsp3) is 0.462. The van der Waals surface area contributed by atoms with Gasteiger partial charge < -0.3 is 15.0 Å². The van der Waals surface area contributed by atoms with E-state index >= 15 is 0 Å². The molecule has 0 fully saturated rings. The molecule has 1 heterocycles. The number of halogens is 1. The van der Waals surface area contributed by atoms with E-state index in [1.165, 1.54) is 0 Å². The Bertz CT molecular complexity index is 550. The molecule has 5 heteroatoms. The Morgan fingerprint density at radius 2 is 2.17 bits per heavy atom. The Kier molecular flexibility index (Phi) is 4.04. The van der Waals surface area contributed by atoms with Crippen LogP contribution in [0.3, 0.4) is 0 Å². The van der Waals surface area contributed by atoms with Gasteiger partial charge in [0.1, 0.15) is 5.82 Å². The van der Waals surface area contributed by atoms with Gasteiger partial charge in [0.15, 0.2) is 0 Å². The molecule has 0 saturated carbocycles. The van der Waals surface area contributed by atoms with Gasteiger partial charge >= 0.3 is 0 Å². The van der Waals surface area contributed by atoms with Gasteiger partial charge in [-0.2, -0.15) is 0 Å².